The van der Waals surface area contributed by atoms with Crippen molar-refractivity contribution in [2.45, 2.75) is 40.4 Å². The highest BCUT2D eigenvalue weighted by atomic mass is 32.3. The Labute approximate surface area is 250 Å². The molecule has 0 N–H and O–H groups in total. The smallest absolute Gasteiger partial charge is 0.247 e. The summed E-state index contributed by atoms with van der Waals surface area (Å²) in [4.78, 5) is 8.12. The lowest BCUT2D eigenvalue weighted by Crippen LogP contribution is -2.59. The predicted molar refractivity (Wildman–Crippen MR) is 180 cm³/mol. The van der Waals surface area contributed by atoms with Gasteiger partial charge in [0, 0.05) is 25.3 Å². The summed E-state index contributed by atoms with van der Waals surface area (Å²) in [5.74, 6) is 0. The zero-order valence-corrected chi connectivity index (χ0v) is 25.0. The fourth-order valence-electron chi connectivity index (χ4n) is 7.60. The van der Waals surface area contributed by atoms with Crippen LogP contribution in [0.3, 0.4) is 0 Å². The van der Waals surface area contributed by atoms with E-state index in [2.05, 4.69) is 165 Å². The van der Waals surface area contributed by atoms with E-state index in [9.17, 15) is 0 Å². The summed E-state index contributed by atoms with van der Waals surface area (Å²) in [5.41, 5.74) is 12.1. The topological polar surface area (TPSA) is 3.24 Å². The zero-order chi connectivity index (χ0) is 28.4. The van der Waals surface area contributed by atoms with Gasteiger partial charge in [0.25, 0.3) is 0 Å². The van der Waals surface area contributed by atoms with Gasteiger partial charge >= 0.3 is 0 Å². The van der Waals surface area contributed by atoms with Gasteiger partial charge in [-0.2, -0.15) is 0 Å². The summed E-state index contributed by atoms with van der Waals surface area (Å²) >= 11 is 0. The third-order valence-corrected chi connectivity index (χ3v) is 13.0. The minimum absolute atomic E-state index is 0.155. The lowest BCUT2D eigenvalue weighted by Gasteiger charge is -2.52. The number of nitrogens with zero attached hydrogens (tertiary/aromatic N) is 1. The maximum Gasteiger partial charge on any atom is 0.247 e. The number of aryl methyl sites for hydroxylation is 3. The molecule has 0 amide bonds. The molecule has 202 valence electrons. The molecule has 0 aromatic heterocycles. The van der Waals surface area contributed by atoms with Gasteiger partial charge in [0.1, 0.15) is 0 Å². The molecule has 0 saturated carbocycles. The van der Waals surface area contributed by atoms with Crippen molar-refractivity contribution in [3.63, 3.8) is 0 Å². The van der Waals surface area contributed by atoms with E-state index in [0.717, 1.165) is 0 Å². The Morgan fingerprint density at radius 1 is 0.500 bits per heavy atom. The number of fused-ring (bicyclic) bond motifs is 4. The van der Waals surface area contributed by atoms with Crippen LogP contribution in [0.5, 0.6) is 0 Å². The van der Waals surface area contributed by atoms with Crippen LogP contribution >= 0.6 is 10.0 Å². The van der Waals surface area contributed by atoms with Crippen molar-refractivity contribution in [3.05, 3.63) is 156 Å². The Balaban J connectivity index is 1.56. The fraction of sp³-hybridized carbons (Fsp3) is 0.0769. The molecule has 0 radical (unpaired) electrons. The Hall–Kier alpha value is -4.47. The molecule has 3 heteroatoms. The summed E-state index contributed by atoms with van der Waals surface area (Å²) in [5, 5.41) is 0. The normalized spacial score (nSPS) is 14.9. The van der Waals surface area contributed by atoms with Crippen molar-refractivity contribution < 1.29 is 0 Å². The van der Waals surface area contributed by atoms with Gasteiger partial charge in [-0.05, 0) is 80.2 Å². The first-order valence-corrected chi connectivity index (χ1v) is 16.4. The van der Waals surface area contributed by atoms with E-state index >= 15 is 0 Å². The van der Waals surface area contributed by atoms with Crippen LogP contribution in [0.25, 0.3) is 0 Å². The van der Waals surface area contributed by atoms with Crippen LogP contribution in [0.4, 0.5) is 17.1 Å². The van der Waals surface area contributed by atoms with Crippen LogP contribution in [-0.2, 0) is 0 Å². The highest BCUT2D eigenvalue weighted by Gasteiger charge is 2.47. The molecule has 42 heavy (non-hydrogen) atoms. The molecule has 0 spiro atoms. The molecule has 6 aromatic rings. The molecule has 0 unspecified atom stereocenters. The molecule has 0 aliphatic carbocycles. The third-order valence-electron chi connectivity index (χ3n) is 9.04. The van der Waals surface area contributed by atoms with Gasteiger partial charge in [-0.15, -0.1) is 10.0 Å². The number of hydrogen-bond donors (Lipinski definition) is 0. The minimum atomic E-state index is -1.78. The third kappa shape index (κ3) is 3.41. The molecule has 6 aromatic carbocycles. The number of rotatable bonds is 3. The van der Waals surface area contributed by atoms with Crippen LogP contribution in [0, 0.1) is 20.8 Å². The van der Waals surface area contributed by atoms with Crippen molar-refractivity contribution in [2.24, 2.45) is 0 Å². The number of hydrogen-bond acceptors (Lipinski definition) is 1. The van der Waals surface area contributed by atoms with E-state index < -0.39 is 10.0 Å². The molecular weight excluding hydrogens is 525 g/mol. The average Bonchev–Trinajstić information content (AvgIpc) is 3.02. The van der Waals surface area contributed by atoms with E-state index in [-0.39, 0.29) is 6.71 Å². The SMILES string of the molecule is Cc1cc(C)c(B2c3ccccc3N3c4ccccc4S(c4ccccc4)(c4ccccc4)c4cccc2c43)c(C)c1. The second-order valence-corrected chi connectivity index (χ2v) is 14.6. The van der Waals surface area contributed by atoms with Gasteiger partial charge in [0.05, 0.1) is 11.4 Å². The van der Waals surface area contributed by atoms with Crippen LogP contribution < -0.4 is 21.3 Å². The lowest BCUT2D eigenvalue weighted by molar-refractivity contribution is 1.12. The van der Waals surface area contributed by atoms with Gasteiger partial charge < -0.3 is 4.90 Å². The molecule has 0 saturated heterocycles. The van der Waals surface area contributed by atoms with Crippen molar-refractivity contribution in [2.75, 3.05) is 4.90 Å². The Kier molecular flexibility index (Phi) is 5.74. The molecule has 0 atom stereocenters. The molecule has 0 fully saturated rings. The van der Waals surface area contributed by atoms with E-state index in [1.54, 1.807) is 0 Å². The van der Waals surface area contributed by atoms with Gasteiger partial charge in [-0.1, -0.05) is 113 Å². The van der Waals surface area contributed by atoms with Crippen molar-refractivity contribution in [1.29, 1.82) is 0 Å². The van der Waals surface area contributed by atoms with Crippen LogP contribution in [0.1, 0.15) is 16.7 Å². The van der Waals surface area contributed by atoms with E-state index in [0.29, 0.717) is 0 Å². The maximum absolute atomic E-state index is 2.57. The first kappa shape index (κ1) is 25.3. The Morgan fingerprint density at radius 2 is 1.02 bits per heavy atom. The molecule has 8 rings (SSSR count). The minimum Gasteiger partial charge on any atom is -0.309 e. The number of benzene rings is 6. The summed E-state index contributed by atoms with van der Waals surface area (Å²) in [6, 6.07) is 52.5. The van der Waals surface area contributed by atoms with Crippen molar-refractivity contribution >= 4 is 50.2 Å². The maximum atomic E-state index is 2.57. The molecule has 0 bridgehead atoms. The summed E-state index contributed by atoms with van der Waals surface area (Å²) in [7, 11) is -1.78. The first-order chi connectivity index (χ1) is 20.6. The fourth-order valence-corrected chi connectivity index (χ4v) is 11.8. The number of anilines is 3. The van der Waals surface area contributed by atoms with E-state index in [1.165, 1.54) is 69.7 Å². The highest BCUT2D eigenvalue weighted by molar-refractivity contribution is 8.34. The second kappa shape index (κ2) is 9.54. The van der Waals surface area contributed by atoms with Gasteiger partial charge in [0.2, 0.25) is 6.71 Å². The molecule has 2 aliphatic rings. The van der Waals surface area contributed by atoms with Crippen molar-refractivity contribution in [3.8, 4) is 0 Å². The van der Waals surface area contributed by atoms with E-state index in [4.69, 9.17) is 0 Å². The number of para-hydroxylation sites is 3. The van der Waals surface area contributed by atoms with Gasteiger partial charge in [0.15, 0.2) is 0 Å². The highest BCUT2D eigenvalue weighted by Crippen LogP contribution is 2.79. The summed E-state index contributed by atoms with van der Waals surface area (Å²) in [6.45, 7) is 6.94. The van der Waals surface area contributed by atoms with Crippen LogP contribution in [-0.4, -0.2) is 6.71 Å². The Morgan fingerprint density at radius 3 is 1.69 bits per heavy atom. The first-order valence-electron chi connectivity index (χ1n) is 14.7. The predicted octanol–water partition coefficient (Wildman–Crippen LogP) is 8.57. The Bertz CT molecular complexity index is 1920. The van der Waals surface area contributed by atoms with Gasteiger partial charge in [-0.3, -0.25) is 0 Å². The zero-order valence-electron chi connectivity index (χ0n) is 24.2. The van der Waals surface area contributed by atoms with Crippen LogP contribution in [0.15, 0.2) is 159 Å². The molecular formula is C39H32BNS. The lowest BCUT2D eigenvalue weighted by atomic mass is 9.34. The average molecular weight is 558 g/mol. The summed E-state index contributed by atoms with van der Waals surface area (Å²) in [6.07, 6.45) is 0. The van der Waals surface area contributed by atoms with Crippen LogP contribution in [0.2, 0.25) is 0 Å². The second-order valence-electron chi connectivity index (χ2n) is 11.5. The standard InChI is InChI=1S/C39H32BNS/c1-27-25-28(2)38(29(3)26-27)40-32-19-10-11-21-34(32)41-35-22-12-13-23-36(35)42(30-15-6-4-7-16-30,31-17-8-5-9-18-31)37-24-14-20-33(40)39(37)41/h4-26H,1-3H3. The quantitative estimate of drug-likeness (QED) is 0.197. The van der Waals surface area contributed by atoms with Crippen molar-refractivity contribution in [1.82, 2.24) is 0 Å². The summed E-state index contributed by atoms with van der Waals surface area (Å²) < 4.78 is 0. The molecule has 2 heterocycles. The largest absolute Gasteiger partial charge is 0.309 e. The molecule has 2 aliphatic heterocycles. The molecule has 1 nitrogen and oxygen atoms in total. The van der Waals surface area contributed by atoms with Gasteiger partial charge in [-0.25, -0.2) is 0 Å². The van der Waals surface area contributed by atoms with E-state index in [1.807, 2.05) is 0 Å². The monoisotopic (exact) mass is 557 g/mol.